The molecule has 1 aliphatic rings. The van der Waals surface area contributed by atoms with E-state index in [9.17, 15) is 0 Å². The van der Waals surface area contributed by atoms with E-state index in [0.29, 0.717) is 12.1 Å². The lowest BCUT2D eigenvalue weighted by Crippen LogP contribution is -2.26. The van der Waals surface area contributed by atoms with Crippen molar-refractivity contribution < 1.29 is 0 Å². The molecule has 2 rings (SSSR count). The summed E-state index contributed by atoms with van der Waals surface area (Å²) < 4.78 is 2.03. The van der Waals surface area contributed by atoms with Gasteiger partial charge in [-0.15, -0.1) is 0 Å². The number of nitrogens with one attached hydrogen (secondary N) is 1. The topological polar surface area (TPSA) is 29.9 Å². The second kappa shape index (κ2) is 6.62. The van der Waals surface area contributed by atoms with E-state index < -0.39 is 0 Å². The zero-order valence-corrected chi connectivity index (χ0v) is 12.5. The fraction of sp³-hybridized carbons (Fsp3) is 0.786. The van der Waals surface area contributed by atoms with Gasteiger partial charge in [-0.1, -0.05) is 6.92 Å². The molecule has 0 spiro atoms. The molecule has 1 fully saturated rings. The Morgan fingerprint density at radius 1 is 1.50 bits per heavy atom. The maximum atomic E-state index is 4.38. The molecule has 0 amide bonds. The highest BCUT2D eigenvalue weighted by Gasteiger charge is 2.23. The van der Waals surface area contributed by atoms with E-state index in [1.54, 1.807) is 0 Å². The molecule has 0 bridgehead atoms. The fourth-order valence-electron chi connectivity index (χ4n) is 2.53. The average molecular weight is 267 g/mol. The molecular weight excluding hydrogens is 242 g/mol. The first kappa shape index (κ1) is 13.9. The van der Waals surface area contributed by atoms with E-state index in [1.165, 1.54) is 30.6 Å². The van der Waals surface area contributed by atoms with Crippen molar-refractivity contribution in [3.8, 4) is 0 Å². The molecule has 2 atom stereocenters. The average Bonchev–Trinajstić information content (AvgIpc) is 2.95. The smallest absolute Gasteiger partial charge is 0.0534 e. The largest absolute Gasteiger partial charge is 0.310 e. The summed E-state index contributed by atoms with van der Waals surface area (Å²) >= 11 is 2.12. The van der Waals surface area contributed by atoms with Crippen molar-refractivity contribution in [2.45, 2.75) is 63.9 Å². The number of hydrogen-bond donors (Lipinski definition) is 1. The second-order valence-corrected chi connectivity index (χ2v) is 6.97. The molecule has 2 unspecified atom stereocenters. The van der Waals surface area contributed by atoms with E-state index in [0.717, 1.165) is 11.8 Å². The molecule has 18 heavy (non-hydrogen) atoms. The van der Waals surface area contributed by atoms with Crippen LogP contribution in [0.3, 0.4) is 0 Å². The lowest BCUT2D eigenvalue weighted by molar-refractivity contribution is 0.519. The van der Waals surface area contributed by atoms with Crippen molar-refractivity contribution in [2.24, 2.45) is 0 Å². The van der Waals surface area contributed by atoms with Crippen LogP contribution in [0.4, 0.5) is 0 Å². The van der Waals surface area contributed by atoms with Gasteiger partial charge >= 0.3 is 0 Å². The first-order chi connectivity index (χ1) is 8.69. The van der Waals surface area contributed by atoms with Crippen LogP contribution in [0.15, 0.2) is 12.4 Å². The fourth-order valence-corrected chi connectivity index (χ4v) is 3.67. The van der Waals surface area contributed by atoms with Crippen molar-refractivity contribution in [1.82, 2.24) is 15.1 Å². The molecule has 0 aromatic carbocycles. The van der Waals surface area contributed by atoms with Crippen molar-refractivity contribution in [3.63, 3.8) is 0 Å². The van der Waals surface area contributed by atoms with E-state index in [2.05, 4.69) is 49.1 Å². The predicted molar refractivity (Wildman–Crippen MR) is 79.0 cm³/mol. The minimum atomic E-state index is 0.454. The number of rotatable bonds is 6. The predicted octanol–water partition coefficient (Wildman–Crippen LogP) is 3.23. The lowest BCUT2D eigenvalue weighted by Gasteiger charge is -2.12. The summed E-state index contributed by atoms with van der Waals surface area (Å²) in [6.07, 6.45) is 8.18. The van der Waals surface area contributed by atoms with Gasteiger partial charge in [0.25, 0.3) is 0 Å². The summed E-state index contributed by atoms with van der Waals surface area (Å²) in [7, 11) is 0. The Hall–Kier alpha value is -0.480. The monoisotopic (exact) mass is 267 g/mol. The highest BCUT2D eigenvalue weighted by atomic mass is 32.2. The van der Waals surface area contributed by atoms with Crippen LogP contribution in [-0.4, -0.2) is 26.8 Å². The van der Waals surface area contributed by atoms with Gasteiger partial charge in [0.2, 0.25) is 0 Å². The van der Waals surface area contributed by atoms with E-state index in [4.69, 9.17) is 0 Å². The quantitative estimate of drug-likeness (QED) is 0.858. The number of aromatic nitrogens is 2. The van der Waals surface area contributed by atoms with Crippen LogP contribution in [0.5, 0.6) is 0 Å². The molecule has 0 radical (unpaired) electrons. The van der Waals surface area contributed by atoms with Gasteiger partial charge in [-0.25, -0.2) is 0 Å². The normalized spacial score (nSPS) is 24.0. The van der Waals surface area contributed by atoms with Crippen molar-refractivity contribution >= 4 is 11.8 Å². The molecule has 1 aromatic heterocycles. The van der Waals surface area contributed by atoms with E-state index in [-0.39, 0.29) is 0 Å². The van der Waals surface area contributed by atoms with Gasteiger partial charge in [-0.05, 0) is 38.9 Å². The minimum Gasteiger partial charge on any atom is -0.310 e. The third-order valence-corrected chi connectivity index (χ3v) is 4.80. The summed E-state index contributed by atoms with van der Waals surface area (Å²) in [5.74, 6) is 1.25. The van der Waals surface area contributed by atoms with Crippen molar-refractivity contribution in [1.29, 1.82) is 0 Å². The third kappa shape index (κ3) is 3.75. The molecule has 1 aromatic rings. The first-order valence-electron chi connectivity index (χ1n) is 7.07. The zero-order chi connectivity index (χ0) is 13.0. The molecule has 1 saturated carbocycles. The molecule has 0 saturated heterocycles. The van der Waals surface area contributed by atoms with Crippen molar-refractivity contribution in [2.75, 3.05) is 5.75 Å². The van der Waals surface area contributed by atoms with Gasteiger partial charge in [-0.2, -0.15) is 16.9 Å². The maximum Gasteiger partial charge on any atom is 0.0534 e. The van der Waals surface area contributed by atoms with E-state index >= 15 is 0 Å². The van der Waals surface area contributed by atoms with E-state index in [1.807, 2.05) is 10.9 Å². The Morgan fingerprint density at radius 3 is 3.00 bits per heavy atom. The maximum absolute atomic E-state index is 4.38. The summed E-state index contributed by atoms with van der Waals surface area (Å²) in [6, 6.07) is 1.16. The van der Waals surface area contributed by atoms with Crippen molar-refractivity contribution in [3.05, 3.63) is 18.0 Å². The molecular formula is C14H25N3S. The molecule has 1 heterocycles. The Labute approximate surface area is 115 Å². The summed E-state index contributed by atoms with van der Waals surface area (Å²) in [4.78, 5) is 0. The van der Waals surface area contributed by atoms with Gasteiger partial charge < -0.3 is 5.32 Å². The standard InChI is InChI=1S/C14H25N3S/c1-4-18-14-6-5-13(7-14)15-8-12-9-16-17(10-12)11(2)3/h9-11,13-15H,4-8H2,1-3H3. The lowest BCUT2D eigenvalue weighted by atomic mass is 10.2. The number of hydrogen-bond acceptors (Lipinski definition) is 3. The molecule has 102 valence electrons. The van der Waals surface area contributed by atoms with Gasteiger partial charge in [0.15, 0.2) is 0 Å². The van der Waals surface area contributed by atoms with Gasteiger partial charge in [0, 0.05) is 35.6 Å². The van der Waals surface area contributed by atoms with Gasteiger partial charge in [-0.3, -0.25) is 4.68 Å². The summed E-state index contributed by atoms with van der Waals surface area (Å²) in [6.45, 7) is 7.54. The SMILES string of the molecule is CCSC1CCC(NCc2cnn(C(C)C)c2)C1. The highest BCUT2D eigenvalue weighted by molar-refractivity contribution is 7.99. The van der Waals surface area contributed by atoms with Crippen LogP contribution in [0, 0.1) is 0 Å². The van der Waals surface area contributed by atoms with Crippen LogP contribution < -0.4 is 5.32 Å². The molecule has 1 aliphatic carbocycles. The van der Waals surface area contributed by atoms with Gasteiger partial charge in [0.1, 0.15) is 0 Å². The molecule has 4 heteroatoms. The second-order valence-electron chi connectivity index (χ2n) is 5.39. The van der Waals surface area contributed by atoms with Gasteiger partial charge in [0.05, 0.1) is 6.20 Å². The Morgan fingerprint density at radius 2 is 2.33 bits per heavy atom. The zero-order valence-electron chi connectivity index (χ0n) is 11.7. The van der Waals surface area contributed by atoms with Crippen LogP contribution in [0.2, 0.25) is 0 Å². The minimum absolute atomic E-state index is 0.454. The van der Waals surface area contributed by atoms with Crippen LogP contribution >= 0.6 is 11.8 Å². The molecule has 1 N–H and O–H groups in total. The van der Waals surface area contributed by atoms with Crippen LogP contribution in [0.1, 0.15) is 51.6 Å². The Bertz CT molecular complexity index is 362. The van der Waals surface area contributed by atoms with Crippen LogP contribution in [-0.2, 0) is 6.54 Å². The Kier molecular flexibility index (Phi) is 5.13. The summed E-state index contributed by atoms with van der Waals surface area (Å²) in [5.41, 5.74) is 1.30. The highest BCUT2D eigenvalue weighted by Crippen LogP contribution is 2.29. The Balaban J connectivity index is 1.74. The summed E-state index contributed by atoms with van der Waals surface area (Å²) in [5, 5.41) is 8.93. The molecule has 3 nitrogen and oxygen atoms in total. The number of nitrogens with zero attached hydrogens (tertiary/aromatic N) is 2. The molecule has 0 aliphatic heterocycles. The van der Waals surface area contributed by atoms with Crippen LogP contribution in [0.25, 0.3) is 0 Å². The number of thioether (sulfide) groups is 1. The third-order valence-electron chi connectivity index (χ3n) is 3.57. The first-order valence-corrected chi connectivity index (χ1v) is 8.12.